The Morgan fingerprint density at radius 2 is 1.93 bits per heavy atom. The third kappa shape index (κ3) is 5.01. The molecule has 0 spiro atoms. The van der Waals surface area contributed by atoms with E-state index < -0.39 is 17.2 Å². The van der Waals surface area contributed by atoms with Crippen LogP contribution < -0.4 is 10.2 Å². The van der Waals surface area contributed by atoms with E-state index in [4.69, 9.17) is 9.15 Å². The first-order chi connectivity index (χ1) is 12.9. The minimum atomic E-state index is -0.840. The maximum Gasteiger partial charge on any atom is 0.343 e. The average Bonchev–Trinajstić information content (AvgIpc) is 2.61. The Kier molecular flexibility index (Phi) is 5.66. The van der Waals surface area contributed by atoms with Gasteiger partial charge in [-0.2, -0.15) is 0 Å². The Labute approximate surface area is 158 Å². The van der Waals surface area contributed by atoms with E-state index in [0.717, 1.165) is 23.7 Å². The van der Waals surface area contributed by atoms with Crippen molar-refractivity contribution in [2.75, 3.05) is 0 Å². The minimum Gasteiger partial charge on any atom is -0.464 e. The molecular formula is C19H15FN2O4S. The molecule has 1 aromatic carbocycles. The van der Waals surface area contributed by atoms with Gasteiger partial charge in [0.05, 0.1) is 11.3 Å². The fourth-order valence-electron chi connectivity index (χ4n) is 2.26. The molecule has 0 N–H and O–H groups in total. The second-order valence-electron chi connectivity index (χ2n) is 5.70. The number of benzene rings is 1. The molecule has 0 radical (unpaired) electrons. The molecule has 0 bridgehead atoms. The molecule has 3 rings (SSSR count). The fraction of sp³-hybridized carbons (Fsp3) is 0.158. The van der Waals surface area contributed by atoms with E-state index in [9.17, 15) is 14.0 Å². The summed E-state index contributed by atoms with van der Waals surface area (Å²) in [5.41, 5.74) is 1.20. The van der Waals surface area contributed by atoms with Gasteiger partial charge in [-0.1, -0.05) is 17.8 Å². The van der Waals surface area contributed by atoms with Crippen LogP contribution in [0.15, 0.2) is 57.0 Å². The standard InChI is InChI=1S/C19H15FN2O4S/c1-11-6-12(2)22-19(21-11)27-10-15-8-16(23)17(9-25-15)26-18(24)13-4-3-5-14(20)7-13/h3-9H,10H2,1-2H3. The Hall–Kier alpha value is -3.00. The van der Waals surface area contributed by atoms with Crippen molar-refractivity contribution in [1.29, 1.82) is 0 Å². The second kappa shape index (κ2) is 8.13. The number of rotatable bonds is 5. The summed E-state index contributed by atoms with van der Waals surface area (Å²) in [4.78, 5) is 32.7. The van der Waals surface area contributed by atoms with Crippen LogP contribution in [-0.4, -0.2) is 15.9 Å². The van der Waals surface area contributed by atoms with Crippen molar-refractivity contribution < 1.29 is 18.3 Å². The van der Waals surface area contributed by atoms with Gasteiger partial charge in [0, 0.05) is 17.5 Å². The van der Waals surface area contributed by atoms with Gasteiger partial charge in [-0.3, -0.25) is 4.79 Å². The Balaban J connectivity index is 1.68. The maximum absolute atomic E-state index is 13.2. The van der Waals surface area contributed by atoms with Gasteiger partial charge in [0.15, 0.2) is 5.16 Å². The number of thioether (sulfide) groups is 1. The number of carbonyl (C=O) groups excluding carboxylic acids is 1. The molecule has 2 aromatic heterocycles. The lowest BCUT2D eigenvalue weighted by atomic mass is 10.2. The van der Waals surface area contributed by atoms with E-state index in [1.807, 2.05) is 19.9 Å². The van der Waals surface area contributed by atoms with Gasteiger partial charge in [0.2, 0.25) is 11.2 Å². The predicted octanol–water partition coefficient (Wildman–Crippen LogP) is 3.70. The van der Waals surface area contributed by atoms with E-state index in [1.54, 1.807) is 0 Å². The zero-order valence-electron chi connectivity index (χ0n) is 14.6. The molecule has 8 heteroatoms. The lowest BCUT2D eigenvalue weighted by molar-refractivity contribution is 0.0728. The van der Waals surface area contributed by atoms with Crippen LogP contribution in [0, 0.1) is 19.7 Å². The Morgan fingerprint density at radius 1 is 1.19 bits per heavy atom. The van der Waals surface area contributed by atoms with Gasteiger partial charge in [-0.15, -0.1) is 0 Å². The first-order valence-corrected chi connectivity index (χ1v) is 8.94. The highest BCUT2D eigenvalue weighted by atomic mass is 32.2. The van der Waals surface area contributed by atoms with Crippen molar-refractivity contribution in [3.8, 4) is 5.75 Å². The summed E-state index contributed by atoms with van der Waals surface area (Å²) in [6.07, 6.45) is 1.07. The van der Waals surface area contributed by atoms with E-state index in [0.29, 0.717) is 16.7 Å². The molecule has 27 heavy (non-hydrogen) atoms. The third-order valence-corrected chi connectivity index (χ3v) is 4.29. The topological polar surface area (TPSA) is 82.3 Å². The number of nitrogens with zero attached hydrogens (tertiary/aromatic N) is 2. The molecule has 2 heterocycles. The van der Waals surface area contributed by atoms with Crippen LogP contribution in [0.4, 0.5) is 4.39 Å². The minimum absolute atomic E-state index is 0.000924. The van der Waals surface area contributed by atoms with Gasteiger partial charge in [0.1, 0.15) is 17.8 Å². The highest BCUT2D eigenvalue weighted by Crippen LogP contribution is 2.20. The van der Waals surface area contributed by atoms with Crippen molar-refractivity contribution >= 4 is 17.7 Å². The van der Waals surface area contributed by atoms with Crippen LogP contribution in [0.3, 0.4) is 0 Å². The molecule has 0 aliphatic rings. The SMILES string of the molecule is Cc1cc(C)nc(SCc2cc(=O)c(OC(=O)c3cccc(F)c3)co2)n1. The summed E-state index contributed by atoms with van der Waals surface area (Å²) in [6.45, 7) is 3.75. The lowest BCUT2D eigenvalue weighted by Crippen LogP contribution is -2.14. The second-order valence-corrected chi connectivity index (χ2v) is 6.64. The number of hydrogen-bond acceptors (Lipinski definition) is 7. The molecule has 0 fully saturated rings. The number of aryl methyl sites for hydroxylation is 2. The van der Waals surface area contributed by atoms with Gasteiger partial charge in [-0.05, 0) is 38.1 Å². The molecule has 3 aromatic rings. The normalized spacial score (nSPS) is 10.6. The predicted molar refractivity (Wildman–Crippen MR) is 97.4 cm³/mol. The molecule has 0 unspecified atom stereocenters. The molecule has 0 aliphatic heterocycles. The summed E-state index contributed by atoms with van der Waals surface area (Å²) in [7, 11) is 0. The molecule has 0 atom stereocenters. The highest BCUT2D eigenvalue weighted by Gasteiger charge is 2.13. The smallest absolute Gasteiger partial charge is 0.343 e. The van der Waals surface area contributed by atoms with Crippen LogP contribution >= 0.6 is 11.8 Å². The van der Waals surface area contributed by atoms with Crippen molar-refractivity contribution in [3.63, 3.8) is 0 Å². The number of halogens is 1. The summed E-state index contributed by atoms with van der Waals surface area (Å²) < 4.78 is 23.5. The summed E-state index contributed by atoms with van der Waals surface area (Å²) in [5.74, 6) is -0.944. The van der Waals surface area contributed by atoms with Crippen LogP contribution in [0.5, 0.6) is 5.75 Å². The number of carbonyl (C=O) groups is 1. The maximum atomic E-state index is 13.2. The van der Waals surface area contributed by atoms with Gasteiger partial charge < -0.3 is 9.15 Å². The fourth-order valence-corrected chi connectivity index (χ4v) is 3.10. The van der Waals surface area contributed by atoms with E-state index in [2.05, 4.69) is 9.97 Å². The number of ether oxygens (including phenoxy) is 1. The summed E-state index contributed by atoms with van der Waals surface area (Å²) >= 11 is 1.32. The van der Waals surface area contributed by atoms with Crippen LogP contribution in [-0.2, 0) is 5.75 Å². The molecule has 0 saturated carbocycles. The number of esters is 1. The molecule has 138 valence electrons. The molecular weight excluding hydrogens is 371 g/mol. The molecule has 6 nitrogen and oxygen atoms in total. The number of hydrogen-bond donors (Lipinski definition) is 0. The quantitative estimate of drug-likeness (QED) is 0.376. The Bertz CT molecular complexity index is 1030. The van der Waals surface area contributed by atoms with Crippen molar-refractivity contribution in [2.45, 2.75) is 24.8 Å². The zero-order chi connectivity index (χ0) is 19.4. The zero-order valence-corrected chi connectivity index (χ0v) is 15.4. The van der Waals surface area contributed by atoms with Crippen molar-refractivity contribution in [3.05, 3.63) is 81.4 Å². The van der Waals surface area contributed by atoms with E-state index >= 15 is 0 Å². The summed E-state index contributed by atoms with van der Waals surface area (Å²) in [6, 6.07) is 8.11. The van der Waals surface area contributed by atoms with Gasteiger partial charge in [0.25, 0.3) is 0 Å². The monoisotopic (exact) mass is 386 g/mol. The van der Waals surface area contributed by atoms with Crippen molar-refractivity contribution in [1.82, 2.24) is 9.97 Å². The first-order valence-electron chi connectivity index (χ1n) is 7.95. The van der Waals surface area contributed by atoms with Crippen LogP contribution in [0.2, 0.25) is 0 Å². The van der Waals surface area contributed by atoms with E-state index in [-0.39, 0.29) is 11.3 Å². The molecule has 0 amide bonds. The largest absolute Gasteiger partial charge is 0.464 e. The third-order valence-electron chi connectivity index (χ3n) is 3.42. The highest BCUT2D eigenvalue weighted by molar-refractivity contribution is 7.98. The van der Waals surface area contributed by atoms with Gasteiger partial charge >= 0.3 is 5.97 Å². The molecule has 0 aliphatic carbocycles. The lowest BCUT2D eigenvalue weighted by Gasteiger charge is -2.05. The molecule has 0 saturated heterocycles. The van der Waals surface area contributed by atoms with Crippen LogP contribution in [0.25, 0.3) is 0 Å². The average molecular weight is 386 g/mol. The van der Waals surface area contributed by atoms with Gasteiger partial charge in [-0.25, -0.2) is 19.2 Å². The van der Waals surface area contributed by atoms with E-state index in [1.165, 1.54) is 36.0 Å². The summed E-state index contributed by atoms with van der Waals surface area (Å²) in [5, 5.41) is 0.580. The number of aromatic nitrogens is 2. The van der Waals surface area contributed by atoms with Crippen LogP contribution in [0.1, 0.15) is 27.5 Å². The van der Waals surface area contributed by atoms with Crippen molar-refractivity contribution in [2.24, 2.45) is 0 Å². The first kappa shape index (κ1) is 18.8. The Morgan fingerprint density at radius 3 is 2.59 bits per heavy atom.